The van der Waals surface area contributed by atoms with Gasteiger partial charge in [0.05, 0.1) is 10.2 Å². The van der Waals surface area contributed by atoms with Crippen molar-refractivity contribution < 1.29 is 4.79 Å². The third-order valence-corrected chi connectivity index (χ3v) is 4.85. The first-order chi connectivity index (χ1) is 11.5. The van der Waals surface area contributed by atoms with Crippen LogP contribution in [0.3, 0.4) is 0 Å². The second kappa shape index (κ2) is 6.61. The number of carbonyl (C=O) groups excluding carboxylic acids is 1. The van der Waals surface area contributed by atoms with Crippen molar-refractivity contribution in [3.05, 3.63) is 53.6 Å². The summed E-state index contributed by atoms with van der Waals surface area (Å²) in [7, 11) is 3.91. The molecular weight excluding hydrogens is 318 g/mol. The van der Waals surface area contributed by atoms with E-state index in [1.165, 1.54) is 16.9 Å². The Bertz CT molecular complexity index is 883. The molecule has 5 heteroatoms. The van der Waals surface area contributed by atoms with Crippen molar-refractivity contribution in [1.82, 2.24) is 4.98 Å². The summed E-state index contributed by atoms with van der Waals surface area (Å²) in [5.41, 5.74) is 3.81. The maximum absolute atomic E-state index is 12.5. The second-order valence-electron chi connectivity index (χ2n) is 6.27. The van der Waals surface area contributed by atoms with E-state index in [0.717, 1.165) is 15.9 Å². The van der Waals surface area contributed by atoms with Crippen molar-refractivity contribution in [2.24, 2.45) is 0 Å². The lowest BCUT2D eigenvalue weighted by atomic mass is 10.0. The van der Waals surface area contributed by atoms with Crippen LogP contribution in [0.1, 0.15) is 35.7 Å². The highest BCUT2D eigenvalue weighted by Crippen LogP contribution is 2.31. The molecule has 4 nitrogen and oxygen atoms in total. The van der Waals surface area contributed by atoms with Crippen molar-refractivity contribution in [3.63, 3.8) is 0 Å². The Morgan fingerprint density at radius 3 is 2.62 bits per heavy atom. The van der Waals surface area contributed by atoms with E-state index < -0.39 is 0 Å². The molecule has 124 valence electrons. The molecule has 0 aliphatic rings. The first-order valence-corrected chi connectivity index (χ1v) is 8.75. The molecule has 0 saturated carbocycles. The van der Waals surface area contributed by atoms with Gasteiger partial charge in [-0.25, -0.2) is 4.98 Å². The van der Waals surface area contributed by atoms with Crippen molar-refractivity contribution in [1.29, 1.82) is 0 Å². The number of thiazole rings is 1. The van der Waals surface area contributed by atoms with Crippen LogP contribution in [0.5, 0.6) is 0 Å². The van der Waals surface area contributed by atoms with Gasteiger partial charge < -0.3 is 4.90 Å². The quantitative estimate of drug-likeness (QED) is 0.747. The molecule has 0 bridgehead atoms. The van der Waals surface area contributed by atoms with Crippen LogP contribution in [0.4, 0.5) is 10.8 Å². The first kappa shape index (κ1) is 16.5. The summed E-state index contributed by atoms with van der Waals surface area (Å²) in [5, 5.41) is 3.57. The van der Waals surface area contributed by atoms with E-state index in [1.54, 1.807) is 0 Å². The van der Waals surface area contributed by atoms with Gasteiger partial charge in [-0.1, -0.05) is 43.4 Å². The number of anilines is 2. The SMILES string of the molecule is CC(C)c1cccc2sc(NC(=O)c3cccc(N(C)C)c3)nc12. The molecule has 0 aliphatic heterocycles. The number of amides is 1. The van der Waals surface area contributed by atoms with E-state index in [1.807, 2.05) is 55.4 Å². The second-order valence-corrected chi connectivity index (χ2v) is 7.30. The largest absolute Gasteiger partial charge is 0.378 e. The number of nitrogens with one attached hydrogen (secondary N) is 1. The molecule has 0 unspecified atom stereocenters. The molecular formula is C19H21N3OS. The standard InChI is InChI=1S/C19H21N3OS/c1-12(2)15-9-6-10-16-17(15)20-19(24-16)21-18(23)13-7-5-8-14(11-13)22(3)4/h5-12H,1-4H3,(H,20,21,23). The van der Waals surface area contributed by atoms with Gasteiger partial charge in [0.15, 0.2) is 5.13 Å². The molecule has 1 heterocycles. The van der Waals surface area contributed by atoms with Gasteiger partial charge in [-0.3, -0.25) is 10.1 Å². The van der Waals surface area contributed by atoms with E-state index in [4.69, 9.17) is 0 Å². The number of hydrogen-bond acceptors (Lipinski definition) is 4. The number of para-hydroxylation sites is 1. The monoisotopic (exact) mass is 339 g/mol. The molecule has 1 aromatic heterocycles. The maximum atomic E-state index is 12.5. The molecule has 0 saturated heterocycles. The number of rotatable bonds is 4. The third-order valence-electron chi connectivity index (χ3n) is 3.92. The zero-order valence-corrected chi connectivity index (χ0v) is 15.1. The lowest BCUT2D eigenvalue weighted by molar-refractivity contribution is 0.102. The third kappa shape index (κ3) is 3.26. The van der Waals surface area contributed by atoms with Gasteiger partial charge in [0, 0.05) is 25.3 Å². The van der Waals surface area contributed by atoms with Crippen LogP contribution in [0.2, 0.25) is 0 Å². The van der Waals surface area contributed by atoms with Gasteiger partial charge >= 0.3 is 0 Å². The van der Waals surface area contributed by atoms with Crippen LogP contribution in [-0.4, -0.2) is 25.0 Å². The van der Waals surface area contributed by atoms with Crippen molar-refractivity contribution >= 4 is 38.3 Å². The Morgan fingerprint density at radius 2 is 1.92 bits per heavy atom. The average molecular weight is 339 g/mol. The minimum atomic E-state index is -0.135. The van der Waals surface area contributed by atoms with Gasteiger partial charge in [-0.05, 0) is 35.7 Å². The highest BCUT2D eigenvalue weighted by atomic mass is 32.1. The van der Waals surface area contributed by atoms with E-state index in [-0.39, 0.29) is 5.91 Å². The Kier molecular flexibility index (Phi) is 4.53. The van der Waals surface area contributed by atoms with Gasteiger partial charge in [0.2, 0.25) is 0 Å². The van der Waals surface area contributed by atoms with Crippen LogP contribution in [0.25, 0.3) is 10.2 Å². The molecule has 2 aromatic carbocycles. The molecule has 3 aromatic rings. The van der Waals surface area contributed by atoms with Crippen LogP contribution >= 0.6 is 11.3 Å². The maximum Gasteiger partial charge on any atom is 0.257 e. The fraction of sp³-hybridized carbons (Fsp3) is 0.263. The number of nitrogens with zero attached hydrogens (tertiary/aromatic N) is 2. The summed E-state index contributed by atoms with van der Waals surface area (Å²) in [6, 6.07) is 13.7. The number of hydrogen-bond donors (Lipinski definition) is 1. The minimum absolute atomic E-state index is 0.135. The Labute approximate surface area is 146 Å². The fourth-order valence-corrected chi connectivity index (χ4v) is 3.48. The number of fused-ring (bicyclic) bond motifs is 1. The topological polar surface area (TPSA) is 45.2 Å². The van der Waals surface area contributed by atoms with Gasteiger partial charge in [-0.15, -0.1) is 0 Å². The fourth-order valence-electron chi connectivity index (χ4n) is 2.58. The van der Waals surface area contributed by atoms with Crippen LogP contribution in [-0.2, 0) is 0 Å². The van der Waals surface area contributed by atoms with Crippen LogP contribution in [0, 0.1) is 0 Å². The summed E-state index contributed by atoms with van der Waals surface area (Å²) < 4.78 is 1.10. The summed E-state index contributed by atoms with van der Waals surface area (Å²) >= 11 is 1.51. The van der Waals surface area contributed by atoms with Crippen molar-refractivity contribution in [2.45, 2.75) is 19.8 Å². The molecule has 24 heavy (non-hydrogen) atoms. The molecule has 0 fully saturated rings. The highest BCUT2D eigenvalue weighted by Gasteiger charge is 2.13. The van der Waals surface area contributed by atoms with Crippen LogP contribution in [0.15, 0.2) is 42.5 Å². The number of carbonyl (C=O) groups is 1. The number of benzene rings is 2. The molecule has 3 rings (SSSR count). The number of aromatic nitrogens is 1. The predicted octanol–water partition coefficient (Wildman–Crippen LogP) is 4.74. The van der Waals surface area contributed by atoms with Gasteiger partial charge in [0.25, 0.3) is 5.91 Å². The average Bonchev–Trinajstić information content (AvgIpc) is 2.96. The highest BCUT2D eigenvalue weighted by molar-refractivity contribution is 7.22. The zero-order chi connectivity index (χ0) is 17.3. The summed E-state index contributed by atoms with van der Waals surface area (Å²) in [4.78, 5) is 19.1. The van der Waals surface area contributed by atoms with E-state index in [9.17, 15) is 4.79 Å². The molecule has 0 aliphatic carbocycles. The smallest absolute Gasteiger partial charge is 0.257 e. The van der Waals surface area contributed by atoms with Gasteiger partial charge in [-0.2, -0.15) is 0 Å². The zero-order valence-electron chi connectivity index (χ0n) is 14.3. The molecule has 1 amide bonds. The Hall–Kier alpha value is -2.40. The van der Waals surface area contributed by atoms with Crippen molar-refractivity contribution in [3.8, 4) is 0 Å². The first-order valence-electron chi connectivity index (χ1n) is 7.94. The summed E-state index contributed by atoms with van der Waals surface area (Å²) in [5.74, 6) is 0.264. The van der Waals surface area contributed by atoms with Gasteiger partial charge in [0.1, 0.15) is 0 Å². The molecule has 1 N–H and O–H groups in total. The minimum Gasteiger partial charge on any atom is -0.378 e. The van der Waals surface area contributed by atoms with E-state index in [2.05, 4.69) is 30.2 Å². The summed E-state index contributed by atoms with van der Waals surface area (Å²) in [6.07, 6.45) is 0. The van der Waals surface area contributed by atoms with Crippen molar-refractivity contribution in [2.75, 3.05) is 24.3 Å². The lowest BCUT2D eigenvalue weighted by Crippen LogP contribution is -2.14. The Balaban J connectivity index is 1.88. The summed E-state index contributed by atoms with van der Waals surface area (Å²) in [6.45, 7) is 4.30. The van der Waals surface area contributed by atoms with E-state index in [0.29, 0.717) is 16.6 Å². The molecule has 0 radical (unpaired) electrons. The normalized spacial score (nSPS) is 11.0. The lowest BCUT2D eigenvalue weighted by Gasteiger charge is -2.13. The molecule has 0 atom stereocenters. The molecule has 0 spiro atoms. The Morgan fingerprint density at radius 1 is 1.17 bits per heavy atom. The van der Waals surface area contributed by atoms with Crippen LogP contribution < -0.4 is 10.2 Å². The predicted molar refractivity (Wildman–Crippen MR) is 102 cm³/mol. The van der Waals surface area contributed by atoms with E-state index >= 15 is 0 Å².